The number of aromatic nitrogens is 2. The van der Waals surface area contributed by atoms with E-state index in [0.29, 0.717) is 31.3 Å². The molecule has 4 rings (SSSR count). The maximum atomic E-state index is 13.8. The number of anilines is 1. The lowest BCUT2D eigenvalue weighted by Gasteiger charge is -2.36. The lowest BCUT2D eigenvalue weighted by molar-refractivity contribution is 0.247. The summed E-state index contributed by atoms with van der Waals surface area (Å²) in [5, 5.41) is 4.15. The topological polar surface area (TPSA) is 88.0 Å². The van der Waals surface area contributed by atoms with E-state index in [1.165, 1.54) is 28.9 Å². The molecule has 2 aliphatic rings. The van der Waals surface area contributed by atoms with Gasteiger partial charge in [0.1, 0.15) is 17.3 Å². The summed E-state index contributed by atoms with van der Waals surface area (Å²) in [6.07, 6.45) is 5.71. The van der Waals surface area contributed by atoms with Crippen molar-refractivity contribution in [3.05, 3.63) is 46.4 Å². The summed E-state index contributed by atoms with van der Waals surface area (Å²) in [5.41, 5.74) is -0.219. The van der Waals surface area contributed by atoms with Gasteiger partial charge in [0.05, 0.1) is 18.5 Å². The van der Waals surface area contributed by atoms with E-state index >= 15 is 0 Å². The van der Waals surface area contributed by atoms with Crippen molar-refractivity contribution in [3.63, 3.8) is 0 Å². The fraction of sp³-hybridized carbons (Fsp3) is 0.545. The van der Waals surface area contributed by atoms with E-state index in [1.54, 1.807) is 0 Å². The van der Waals surface area contributed by atoms with Crippen LogP contribution in [0, 0.1) is 17.6 Å². The van der Waals surface area contributed by atoms with Crippen LogP contribution in [0.2, 0.25) is 0 Å². The van der Waals surface area contributed by atoms with Crippen molar-refractivity contribution in [2.24, 2.45) is 5.92 Å². The van der Waals surface area contributed by atoms with Gasteiger partial charge in [-0.3, -0.25) is 4.79 Å². The van der Waals surface area contributed by atoms with Crippen LogP contribution in [0.3, 0.4) is 0 Å². The lowest BCUT2D eigenvalue weighted by Crippen LogP contribution is -2.52. The zero-order valence-electron chi connectivity index (χ0n) is 19.3. The number of piperazine rings is 1. The number of hydrogen-bond acceptors (Lipinski definition) is 6. The van der Waals surface area contributed by atoms with Crippen LogP contribution in [0.15, 0.2) is 29.2 Å². The zero-order valence-corrected chi connectivity index (χ0v) is 20.1. The first-order chi connectivity index (χ1) is 16.2. The van der Waals surface area contributed by atoms with Crippen molar-refractivity contribution in [3.8, 4) is 11.4 Å². The van der Waals surface area contributed by atoms with Crippen molar-refractivity contribution >= 4 is 15.9 Å². The lowest BCUT2D eigenvalue weighted by atomic mass is 10.1. The Kier molecular flexibility index (Phi) is 7.20. The van der Waals surface area contributed by atoms with Crippen molar-refractivity contribution in [2.45, 2.75) is 25.7 Å². The molecule has 0 radical (unpaired) electrons. The maximum Gasteiger partial charge on any atom is 0.316 e. The molecule has 12 heteroatoms. The van der Waals surface area contributed by atoms with E-state index in [-0.39, 0.29) is 24.5 Å². The Hall–Kier alpha value is -2.57. The summed E-state index contributed by atoms with van der Waals surface area (Å²) in [6.45, 7) is 1.51. The second-order valence-electron chi connectivity index (χ2n) is 8.84. The first-order valence-corrected chi connectivity index (χ1v) is 12.7. The van der Waals surface area contributed by atoms with Crippen molar-refractivity contribution in [1.82, 2.24) is 18.4 Å². The second-order valence-corrected chi connectivity index (χ2v) is 11.0. The van der Waals surface area contributed by atoms with E-state index in [1.807, 2.05) is 4.90 Å². The van der Waals surface area contributed by atoms with Gasteiger partial charge in [-0.2, -0.15) is 26.8 Å². The molecule has 34 heavy (non-hydrogen) atoms. The summed E-state index contributed by atoms with van der Waals surface area (Å²) in [5.74, 6) is -1.25. The molecule has 0 atom stereocenters. The predicted molar refractivity (Wildman–Crippen MR) is 124 cm³/mol. The van der Waals surface area contributed by atoms with Gasteiger partial charge in [0, 0.05) is 46.3 Å². The number of benzene rings is 1. The van der Waals surface area contributed by atoms with Gasteiger partial charge in [-0.15, -0.1) is 0 Å². The second kappa shape index (κ2) is 9.96. The summed E-state index contributed by atoms with van der Waals surface area (Å²) in [6, 6.07) is 2.78. The largest absolute Gasteiger partial charge is 0.486 e. The minimum Gasteiger partial charge on any atom is -0.486 e. The number of hydrogen-bond donors (Lipinski definition) is 0. The molecule has 9 nitrogen and oxygen atoms in total. The molecule has 2 aromatic rings. The fourth-order valence-electron chi connectivity index (χ4n) is 4.40. The maximum absolute atomic E-state index is 13.8. The van der Waals surface area contributed by atoms with E-state index in [2.05, 4.69) is 5.10 Å². The number of ether oxygens (including phenoxy) is 1. The molecule has 2 heterocycles. The highest BCUT2D eigenvalue weighted by atomic mass is 32.2. The van der Waals surface area contributed by atoms with Crippen LogP contribution in [0.25, 0.3) is 5.69 Å². The van der Waals surface area contributed by atoms with E-state index in [4.69, 9.17) is 4.74 Å². The fourth-order valence-corrected chi connectivity index (χ4v) is 5.49. The van der Waals surface area contributed by atoms with Gasteiger partial charge in [0.15, 0.2) is 0 Å². The average molecular weight is 498 g/mol. The van der Waals surface area contributed by atoms with Crippen LogP contribution in [-0.4, -0.2) is 73.7 Å². The van der Waals surface area contributed by atoms with Crippen LogP contribution in [0.5, 0.6) is 5.75 Å². The van der Waals surface area contributed by atoms with Gasteiger partial charge in [0.25, 0.3) is 10.2 Å². The molecule has 1 aromatic carbocycles. The highest BCUT2D eigenvalue weighted by Crippen LogP contribution is 2.29. The average Bonchev–Trinajstić information content (AvgIpc) is 3.31. The van der Waals surface area contributed by atoms with Gasteiger partial charge >= 0.3 is 5.56 Å². The molecular formula is C22H29F2N5O4S. The highest BCUT2D eigenvalue weighted by Gasteiger charge is 2.31. The Balaban J connectivity index is 1.65. The summed E-state index contributed by atoms with van der Waals surface area (Å²) in [7, 11) is -0.577. The molecule has 0 unspecified atom stereocenters. The minimum atomic E-state index is -3.54. The normalized spacial score (nSPS) is 18.1. The third-order valence-corrected chi connectivity index (χ3v) is 8.25. The Bertz CT molecular complexity index is 1170. The smallest absolute Gasteiger partial charge is 0.316 e. The molecule has 0 amide bonds. The standard InChI is InChI=1S/C22H29F2N5O4S/c1-26(2)34(31,32)28-9-7-27(8-10-28)20-14-25-29(19-12-17(23)11-18(24)13-19)22(30)21(20)33-15-16-5-3-4-6-16/h11-14,16H,3-10,15H2,1-2H3. The molecule has 0 bridgehead atoms. The third-order valence-electron chi connectivity index (χ3n) is 6.31. The van der Waals surface area contributed by atoms with Crippen LogP contribution in [0.4, 0.5) is 14.5 Å². The molecule has 1 saturated heterocycles. The van der Waals surface area contributed by atoms with Gasteiger partial charge in [-0.25, -0.2) is 8.78 Å². The minimum absolute atomic E-state index is 0.0401. The molecule has 0 spiro atoms. The van der Waals surface area contributed by atoms with Gasteiger partial charge < -0.3 is 9.64 Å². The summed E-state index contributed by atoms with van der Waals surface area (Å²) < 4.78 is 61.9. The molecule has 1 aliphatic heterocycles. The molecule has 186 valence electrons. The molecule has 2 fully saturated rings. The van der Waals surface area contributed by atoms with E-state index < -0.39 is 27.4 Å². The quantitative estimate of drug-likeness (QED) is 0.582. The van der Waals surface area contributed by atoms with E-state index in [0.717, 1.165) is 48.6 Å². The Morgan fingerprint density at radius 3 is 2.26 bits per heavy atom. The molecule has 1 aliphatic carbocycles. The van der Waals surface area contributed by atoms with Crippen LogP contribution in [0.1, 0.15) is 25.7 Å². The van der Waals surface area contributed by atoms with Crippen LogP contribution >= 0.6 is 0 Å². The van der Waals surface area contributed by atoms with Crippen molar-refractivity contribution in [1.29, 1.82) is 0 Å². The Morgan fingerprint density at radius 2 is 1.68 bits per heavy atom. The van der Waals surface area contributed by atoms with Gasteiger partial charge in [0.2, 0.25) is 5.75 Å². The summed E-state index contributed by atoms with van der Waals surface area (Å²) >= 11 is 0. The molecular weight excluding hydrogens is 468 g/mol. The first kappa shape index (κ1) is 24.6. The van der Waals surface area contributed by atoms with Gasteiger partial charge in [-0.1, -0.05) is 12.8 Å². The van der Waals surface area contributed by atoms with E-state index in [9.17, 15) is 22.0 Å². The molecule has 1 aromatic heterocycles. The summed E-state index contributed by atoms with van der Waals surface area (Å²) in [4.78, 5) is 15.2. The Morgan fingerprint density at radius 1 is 1.06 bits per heavy atom. The van der Waals surface area contributed by atoms with Gasteiger partial charge in [-0.05, 0) is 30.9 Å². The number of rotatable bonds is 7. The SMILES string of the molecule is CN(C)S(=O)(=O)N1CCN(c2cnn(-c3cc(F)cc(F)c3)c(=O)c2OCC2CCCC2)CC1. The van der Waals surface area contributed by atoms with Crippen molar-refractivity contribution < 1.29 is 21.9 Å². The number of halogens is 2. The van der Waals surface area contributed by atoms with Crippen LogP contribution in [-0.2, 0) is 10.2 Å². The third kappa shape index (κ3) is 5.08. The zero-order chi connectivity index (χ0) is 24.5. The molecule has 0 N–H and O–H groups in total. The van der Waals surface area contributed by atoms with Crippen LogP contribution < -0.4 is 15.2 Å². The first-order valence-electron chi connectivity index (χ1n) is 11.3. The predicted octanol–water partition coefficient (Wildman–Crippen LogP) is 2.01. The number of nitrogens with zero attached hydrogens (tertiary/aromatic N) is 5. The molecule has 1 saturated carbocycles. The highest BCUT2D eigenvalue weighted by molar-refractivity contribution is 7.86. The Labute approximate surface area is 197 Å². The van der Waals surface area contributed by atoms with Crippen molar-refractivity contribution in [2.75, 3.05) is 51.8 Å². The monoisotopic (exact) mass is 497 g/mol.